The van der Waals surface area contributed by atoms with Gasteiger partial charge in [0.25, 0.3) is 0 Å². The van der Waals surface area contributed by atoms with Gasteiger partial charge in [-0.2, -0.15) is 0 Å². The van der Waals surface area contributed by atoms with Gasteiger partial charge in [-0.15, -0.1) is 0 Å². The van der Waals surface area contributed by atoms with Crippen LogP contribution in [0.25, 0.3) is 10.9 Å². The van der Waals surface area contributed by atoms with E-state index in [0.717, 1.165) is 22.3 Å². The Hall–Kier alpha value is -2.42. The first-order valence-electron chi connectivity index (χ1n) is 6.21. The van der Waals surface area contributed by atoms with Crippen molar-refractivity contribution in [2.45, 2.75) is 13.5 Å². The first-order chi connectivity index (χ1) is 9.20. The first-order valence-corrected chi connectivity index (χ1v) is 6.21. The van der Waals surface area contributed by atoms with Gasteiger partial charge in [0.1, 0.15) is 18.1 Å². The number of aromatic amines is 1. The number of rotatable bonds is 3. The molecule has 2 aromatic carbocycles. The van der Waals surface area contributed by atoms with E-state index in [1.807, 2.05) is 43.3 Å². The molecule has 3 aromatic rings. The van der Waals surface area contributed by atoms with Crippen molar-refractivity contribution >= 4 is 10.9 Å². The Balaban J connectivity index is 1.78. The highest BCUT2D eigenvalue weighted by Crippen LogP contribution is 2.21. The Morgan fingerprint density at radius 2 is 2.00 bits per heavy atom. The molecule has 0 spiro atoms. The largest absolute Gasteiger partial charge is 0.508 e. The molecule has 19 heavy (non-hydrogen) atoms. The zero-order chi connectivity index (χ0) is 13.2. The number of aryl methyl sites for hydroxylation is 1. The number of aromatic nitrogens is 1. The van der Waals surface area contributed by atoms with E-state index in [4.69, 9.17) is 4.74 Å². The highest BCUT2D eigenvalue weighted by atomic mass is 16.5. The van der Waals surface area contributed by atoms with Crippen molar-refractivity contribution in [3.05, 3.63) is 59.8 Å². The minimum atomic E-state index is 0.264. The number of phenolic OH excluding ortho intramolecular Hbond substituents is 1. The summed E-state index contributed by atoms with van der Waals surface area (Å²) in [7, 11) is 0. The van der Waals surface area contributed by atoms with Gasteiger partial charge < -0.3 is 14.8 Å². The quantitative estimate of drug-likeness (QED) is 0.746. The van der Waals surface area contributed by atoms with E-state index in [-0.39, 0.29) is 5.75 Å². The summed E-state index contributed by atoms with van der Waals surface area (Å²) in [5.74, 6) is 1.13. The van der Waals surface area contributed by atoms with Crippen molar-refractivity contribution in [1.82, 2.24) is 4.98 Å². The average molecular weight is 253 g/mol. The van der Waals surface area contributed by atoms with Gasteiger partial charge in [0.05, 0.1) is 5.69 Å². The number of ether oxygens (including phenoxy) is 1. The molecule has 0 aliphatic heterocycles. The summed E-state index contributed by atoms with van der Waals surface area (Å²) in [6.07, 6.45) is 0. The van der Waals surface area contributed by atoms with Gasteiger partial charge >= 0.3 is 0 Å². The van der Waals surface area contributed by atoms with Crippen molar-refractivity contribution in [2.75, 3.05) is 0 Å². The molecule has 96 valence electrons. The van der Waals surface area contributed by atoms with Gasteiger partial charge in [0.15, 0.2) is 0 Å². The highest BCUT2D eigenvalue weighted by Gasteiger charge is 2.02. The fourth-order valence-electron chi connectivity index (χ4n) is 2.12. The molecule has 3 nitrogen and oxygen atoms in total. The van der Waals surface area contributed by atoms with Gasteiger partial charge in [-0.3, -0.25) is 0 Å². The maximum absolute atomic E-state index is 9.43. The predicted molar refractivity (Wildman–Crippen MR) is 75.5 cm³/mol. The zero-order valence-electron chi connectivity index (χ0n) is 10.7. The molecule has 0 unspecified atom stereocenters. The van der Waals surface area contributed by atoms with E-state index in [1.54, 1.807) is 12.1 Å². The van der Waals surface area contributed by atoms with Gasteiger partial charge in [-0.05, 0) is 42.8 Å². The van der Waals surface area contributed by atoms with Crippen LogP contribution in [0, 0.1) is 6.92 Å². The van der Waals surface area contributed by atoms with Crippen molar-refractivity contribution in [2.24, 2.45) is 0 Å². The number of hydrogen-bond acceptors (Lipinski definition) is 2. The molecule has 0 atom stereocenters. The Morgan fingerprint density at radius 3 is 2.84 bits per heavy atom. The number of phenols is 1. The average Bonchev–Trinajstić information content (AvgIpc) is 2.78. The SMILES string of the molecule is Cc1cccc(OCc2cc3ccc(O)cc3[nH]2)c1. The van der Waals surface area contributed by atoms with Gasteiger partial charge in [0.2, 0.25) is 0 Å². The minimum Gasteiger partial charge on any atom is -0.508 e. The molecule has 0 fully saturated rings. The highest BCUT2D eigenvalue weighted by molar-refractivity contribution is 5.81. The summed E-state index contributed by atoms with van der Waals surface area (Å²) < 4.78 is 5.74. The fraction of sp³-hybridized carbons (Fsp3) is 0.125. The third-order valence-electron chi connectivity index (χ3n) is 3.05. The lowest BCUT2D eigenvalue weighted by molar-refractivity contribution is 0.302. The van der Waals surface area contributed by atoms with Crippen LogP contribution in [-0.2, 0) is 6.61 Å². The van der Waals surface area contributed by atoms with Crippen LogP contribution in [0.2, 0.25) is 0 Å². The summed E-state index contributed by atoms with van der Waals surface area (Å²) in [4.78, 5) is 3.24. The molecule has 1 aromatic heterocycles. The summed E-state index contributed by atoms with van der Waals surface area (Å²) >= 11 is 0. The Labute approximate surface area is 111 Å². The maximum Gasteiger partial charge on any atom is 0.128 e. The lowest BCUT2D eigenvalue weighted by atomic mass is 10.2. The third kappa shape index (κ3) is 2.55. The van der Waals surface area contributed by atoms with Crippen molar-refractivity contribution in [3.63, 3.8) is 0 Å². The summed E-state index contributed by atoms with van der Waals surface area (Å²) in [5, 5.41) is 10.5. The molecule has 0 aliphatic carbocycles. The second-order valence-electron chi connectivity index (χ2n) is 4.67. The van der Waals surface area contributed by atoms with Gasteiger partial charge in [0, 0.05) is 17.0 Å². The van der Waals surface area contributed by atoms with Crippen LogP contribution < -0.4 is 4.74 Å². The Kier molecular flexibility index (Phi) is 2.88. The van der Waals surface area contributed by atoms with E-state index in [0.29, 0.717) is 6.61 Å². The number of fused-ring (bicyclic) bond motifs is 1. The molecule has 1 heterocycles. The Morgan fingerprint density at radius 1 is 1.11 bits per heavy atom. The standard InChI is InChI=1S/C16H15NO2/c1-11-3-2-4-15(7-11)19-10-13-8-12-5-6-14(18)9-16(12)17-13/h2-9,17-18H,10H2,1H3. The molecule has 0 saturated heterocycles. The molecule has 0 bridgehead atoms. The Bertz CT molecular complexity index is 716. The molecular formula is C16H15NO2. The number of benzene rings is 2. The normalized spacial score (nSPS) is 10.8. The lowest BCUT2D eigenvalue weighted by Gasteiger charge is -2.05. The topological polar surface area (TPSA) is 45.2 Å². The van der Waals surface area contributed by atoms with Gasteiger partial charge in [-0.1, -0.05) is 12.1 Å². The third-order valence-corrected chi connectivity index (χ3v) is 3.05. The molecule has 0 aliphatic rings. The summed E-state index contributed by atoms with van der Waals surface area (Å²) in [5.41, 5.74) is 3.09. The maximum atomic E-state index is 9.43. The molecule has 0 saturated carbocycles. The van der Waals surface area contributed by atoms with Gasteiger partial charge in [-0.25, -0.2) is 0 Å². The number of aromatic hydroxyl groups is 1. The smallest absolute Gasteiger partial charge is 0.128 e. The van der Waals surface area contributed by atoms with Crippen molar-refractivity contribution in [3.8, 4) is 11.5 Å². The van der Waals surface area contributed by atoms with Crippen LogP contribution in [0.15, 0.2) is 48.5 Å². The number of H-pyrrole nitrogens is 1. The van der Waals surface area contributed by atoms with E-state index >= 15 is 0 Å². The van der Waals surface area contributed by atoms with E-state index < -0.39 is 0 Å². The number of nitrogens with one attached hydrogen (secondary N) is 1. The molecule has 3 rings (SSSR count). The monoisotopic (exact) mass is 253 g/mol. The molecule has 0 radical (unpaired) electrons. The number of hydrogen-bond donors (Lipinski definition) is 2. The molecule has 3 heteroatoms. The minimum absolute atomic E-state index is 0.264. The van der Waals surface area contributed by atoms with E-state index in [2.05, 4.69) is 4.98 Å². The van der Waals surface area contributed by atoms with Crippen LogP contribution in [0.3, 0.4) is 0 Å². The fourth-order valence-corrected chi connectivity index (χ4v) is 2.12. The van der Waals surface area contributed by atoms with Crippen LogP contribution in [0.1, 0.15) is 11.3 Å². The van der Waals surface area contributed by atoms with E-state index in [1.165, 1.54) is 5.56 Å². The second kappa shape index (κ2) is 4.69. The zero-order valence-corrected chi connectivity index (χ0v) is 10.7. The molecular weight excluding hydrogens is 238 g/mol. The van der Waals surface area contributed by atoms with Crippen LogP contribution in [0.4, 0.5) is 0 Å². The van der Waals surface area contributed by atoms with Crippen LogP contribution in [-0.4, -0.2) is 10.1 Å². The first kappa shape index (κ1) is 11.7. The summed E-state index contributed by atoms with van der Waals surface area (Å²) in [6.45, 7) is 2.53. The lowest BCUT2D eigenvalue weighted by Crippen LogP contribution is -1.95. The molecule has 2 N–H and O–H groups in total. The van der Waals surface area contributed by atoms with Crippen molar-refractivity contribution < 1.29 is 9.84 Å². The second-order valence-corrected chi connectivity index (χ2v) is 4.67. The van der Waals surface area contributed by atoms with E-state index in [9.17, 15) is 5.11 Å². The van der Waals surface area contributed by atoms with Crippen LogP contribution >= 0.6 is 0 Å². The van der Waals surface area contributed by atoms with Crippen LogP contribution in [0.5, 0.6) is 11.5 Å². The predicted octanol–water partition coefficient (Wildman–Crippen LogP) is 3.76. The summed E-state index contributed by atoms with van der Waals surface area (Å²) in [6, 6.07) is 15.3. The van der Waals surface area contributed by atoms with Crippen molar-refractivity contribution in [1.29, 1.82) is 0 Å². The molecule has 0 amide bonds.